The lowest BCUT2D eigenvalue weighted by atomic mass is 9.99. The molecule has 308 valence electrons. The van der Waals surface area contributed by atoms with E-state index < -0.39 is 10.0 Å². The lowest BCUT2D eigenvalue weighted by Crippen LogP contribution is -2.36. The Hall–Kier alpha value is -5.45. The maximum absolute atomic E-state index is 12.5. The van der Waals surface area contributed by atoms with E-state index in [-0.39, 0.29) is 11.1 Å². The van der Waals surface area contributed by atoms with Gasteiger partial charge in [0.15, 0.2) is 0 Å². The highest BCUT2D eigenvalue weighted by molar-refractivity contribution is 8.00. The van der Waals surface area contributed by atoms with Gasteiger partial charge in [-0.2, -0.15) is 0 Å². The summed E-state index contributed by atoms with van der Waals surface area (Å²) in [5.41, 5.74) is 17.4. The van der Waals surface area contributed by atoms with E-state index in [9.17, 15) is 18.0 Å². The molecule has 0 spiro atoms. The molecule has 4 aromatic carbocycles. The van der Waals surface area contributed by atoms with Gasteiger partial charge in [0.05, 0.1) is 44.1 Å². The second-order valence-corrected chi connectivity index (χ2v) is 19.0. The molecule has 0 amide bonds. The Morgan fingerprint density at radius 2 is 1.10 bits per heavy atom. The third kappa shape index (κ3) is 8.86. The number of anilines is 4. The summed E-state index contributed by atoms with van der Waals surface area (Å²) in [6.45, 7) is 5.84. The number of hydrogen-bond acceptors (Lipinski definition) is 11. The SMILES string of the molecule is CS(=O)(=O)Nc1ccc2c(c1)Cc1cccc(-c3cc(N4CCOCC4)cc(=O)[nH]3)c1S2.Nc1ccc2c(c1)Cc1cccc(-c3cc(N4CCOCC4)cc(=O)[nH]3)c1S2. The second kappa shape index (κ2) is 16.9. The molecular weight excluding hydrogens is 817 g/mol. The lowest BCUT2D eigenvalue weighted by Gasteiger charge is -2.29. The number of sulfonamides is 1. The molecule has 2 aromatic heterocycles. The van der Waals surface area contributed by atoms with Crippen LogP contribution in [0.25, 0.3) is 22.5 Å². The van der Waals surface area contributed by atoms with Crippen molar-refractivity contribution in [2.24, 2.45) is 0 Å². The molecule has 0 unspecified atom stereocenters. The Labute approximate surface area is 356 Å². The van der Waals surface area contributed by atoms with Gasteiger partial charge in [-0.05, 0) is 83.6 Å². The van der Waals surface area contributed by atoms with Crippen LogP contribution < -0.4 is 31.4 Å². The van der Waals surface area contributed by atoms with Gasteiger partial charge in [0, 0.05) is 91.8 Å². The van der Waals surface area contributed by atoms with Crippen molar-refractivity contribution < 1.29 is 17.9 Å². The number of nitrogens with two attached hydrogens (primary N) is 1. The molecule has 4 aliphatic heterocycles. The van der Waals surface area contributed by atoms with E-state index in [1.165, 1.54) is 20.9 Å². The fraction of sp³-hybridized carbons (Fsp3) is 0.244. The van der Waals surface area contributed by atoms with Gasteiger partial charge in [0.2, 0.25) is 21.1 Å². The molecule has 60 heavy (non-hydrogen) atoms. The van der Waals surface area contributed by atoms with Gasteiger partial charge in [-0.15, -0.1) is 0 Å². The molecule has 0 atom stereocenters. The number of pyridine rings is 2. The van der Waals surface area contributed by atoms with E-state index in [4.69, 9.17) is 15.2 Å². The van der Waals surface area contributed by atoms with Crippen LogP contribution in [0.1, 0.15) is 22.3 Å². The molecule has 5 N–H and O–H groups in total. The third-order valence-corrected chi connectivity index (χ3v) is 14.0. The van der Waals surface area contributed by atoms with Gasteiger partial charge in [-0.25, -0.2) is 8.42 Å². The lowest BCUT2D eigenvalue weighted by molar-refractivity contribution is 0.122. The number of benzene rings is 4. The molecule has 12 nitrogen and oxygen atoms in total. The van der Waals surface area contributed by atoms with Gasteiger partial charge in [-0.3, -0.25) is 14.3 Å². The van der Waals surface area contributed by atoms with Crippen LogP contribution in [0, 0.1) is 0 Å². The summed E-state index contributed by atoms with van der Waals surface area (Å²) >= 11 is 3.39. The predicted molar refractivity (Wildman–Crippen MR) is 241 cm³/mol. The zero-order valence-corrected chi connectivity index (χ0v) is 35.4. The smallest absolute Gasteiger partial charge is 0.250 e. The van der Waals surface area contributed by atoms with E-state index in [0.717, 1.165) is 99.4 Å². The first kappa shape index (κ1) is 40.0. The molecule has 0 saturated carbocycles. The molecular formula is C45H44N6O6S3. The Balaban J connectivity index is 0.000000155. The van der Waals surface area contributed by atoms with E-state index in [1.54, 1.807) is 41.7 Å². The fourth-order valence-corrected chi connectivity index (χ4v) is 10.9. The first-order valence-corrected chi connectivity index (χ1v) is 23.3. The summed E-state index contributed by atoms with van der Waals surface area (Å²) in [6, 6.07) is 31.5. The molecule has 15 heteroatoms. The highest BCUT2D eigenvalue weighted by Crippen LogP contribution is 2.46. The van der Waals surface area contributed by atoms with Gasteiger partial charge in [-0.1, -0.05) is 59.9 Å². The van der Waals surface area contributed by atoms with Crippen molar-refractivity contribution in [2.45, 2.75) is 32.4 Å². The molecule has 4 aliphatic rings. The number of aromatic amines is 2. The Bertz CT molecular complexity index is 2830. The molecule has 6 aromatic rings. The minimum atomic E-state index is -3.33. The van der Waals surface area contributed by atoms with E-state index in [1.807, 2.05) is 36.4 Å². The number of nitrogen functional groups attached to an aromatic ring is 1. The van der Waals surface area contributed by atoms with Crippen molar-refractivity contribution in [3.8, 4) is 22.5 Å². The van der Waals surface area contributed by atoms with Crippen LogP contribution in [0.2, 0.25) is 0 Å². The molecule has 6 heterocycles. The number of rotatable bonds is 6. The van der Waals surface area contributed by atoms with E-state index in [0.29, 0.717) is 38.5 Å². The number of fused-ring (bicyclic) bond motifs is 4. The Morgan fingerprint density at radius 1 is 0.617 bits per heavy atom. The normalized spacial score (nSPS) is 15.8. The van der Waals surface area contributed by atoms with Crippen LogP contribution in [0.5, 0.6) is 0 Å². The van der Waals surface area contributed by atoms with Gasteiger partial charge in [0.1, 0.15) is 0 Å². The Morgan fingerprint density at radius 3 is 1.60 bits per heavy atom. The average molecular weight is 861 g/mol. The summed E-state index contributed by atoms with van der Waals surface area (Å²) in [5, 5.41) is 0. The van der Waals surface area contributed by atoms with Crippen molar-refractivity contribution in [1.29, 1.82) is 0 Å². The summed E-state index contributed by atoms with van der Waals surface area (Å²) in [6.07, 6.45) is 2.69. The number of nitrogens with zero attached hydrogens (tertiary/aromatic N) is 2. The summed E-state index contributed by atoms with van der Waals surface area (Å²) in [5.74, 6) is 0. The van der Waals surface area contributed by atoms with Crippen LogP contribution in [0.4, 0.5) is 22.7 Å². The predicted octanol–water partition coefficient (Wildman–Crippen LogP) is 6.82. The first-order chi connectivity index (χ1) is 29.0. The zero-order chi connectivity index (χ0) is 41.4. The van der Waals surface area contributed by atoms with Crippen molar-refractivity contribution in [3.05, 3.63) is 140 Å². The molecule has 0 aliphatic carbocycles. The highest BCUT2D eigenvalue weighted by Gasteiger charge is 2.24. The van der Waals surface area contributed by atoms with Crippen molar-refractivity contribution in [3.63, 3.8) is 0 Å². The van der Waals surface area contributed by atoms with Gasteiger partial charge >= 0.3 is 0 Å². The van der Waals surface area contributed by atoms with Crippen LogP contribution in [-0.4, -0.2) is 77.2 Å². The van der Waals surface area contributed by atoms with Crippen LogP contribution in [-0.2, 0) is 32.3 Å². The minimum Gasteiger partial charge on any atom is -0.399 e. The molecule has 2 saturated heterocycles. The first-order valence-electron chi connectivity index (χ1n) is 19.8. The minimum absolute atomic E-state index is 0.0782. The number of ether oxygens (including phenoxy) is 2. The van der Waals surface area contributed by atoms with Crippen LogP contribution >= 0.6 is 23.5 Å². The maximum atomic E-state index is 12.5. The van der Waals surface area contributed by atoms with Gasteiger partial charge in [0.25, 0.3) is 0 Å². The molecule has 10 rings (SSSR count). The number of hydrogen-bond donors (Lipinski definition) is 4. The monoisotopic (exact) mass is 860 g/mol. The number of aromatic nitrogens is 2. The fourth-order valence-electron chi connectivity index (χ4n) is 8.03. The van der Waals surface area contributed by atoms with E-state index >= 15 is 0 Å². The average Bonchev–Trinajstić information content (AvgIpc) is 3.24. The molecule has 0 radical (unpaired) electrons. The Kier molecular flexibility index (Phi) is 11.3. The molecule has 2 fully saturated rings. The summed E-state index contributed by atoms with van der Waals surface area (Å²) < 4.78 is 36.6. The number of morpholine rings is 2. The van der Waals surface area contributed by atoms with E-state index in [2.05, 4.69) is 67.0 Å². The standard InChI is InChI=1S/C23H23N3O4S2.C22H21N3O2S/c1-32(28,29)25-17-5-6-21-16(12-17)11-15-3-2-4-19(23(15)31-21)20-13-18(14-22(27)24-20)26-7-9-30-10-8-26;23-16-4-5-20-15(11-16)10-14-2-1-3-18(22(14)28-20)19-12-17(13-21(26)24-19)25-6-8-27-9-7-25/h2-6,12-14,25H,7-11H2,1H3,(H,24,27);1-5,11-13H,6-10,23H2,(H,24,26). The zero-order valence-electron chi connectivity index (χ0n) is 33.0. The number of nitrogens with one attached hydrogen (secondary N) is 3. The van der Waals surface area contributed by atoms with Crippen LogP contribution in [0.3, 0.4) is 0 Å². The van der Waals surface area contributed by atoms with Crippen molar-refractivity contribution in [2.75, 3.05) is 79.1 Å². The van der Waals surface area contributed by atoms with Crippen LogP contribution in [0.15, 0.2) is 126 Å². The highest BCUT2D eigenvalue weighted by atomic mass is 32.2. The summed E-state index contributed by atoms with van der Waals surface area (Å²) in [4.78, 5) is 39.9. The van der Waals surface area contributed by atoms with Crippen molar-refractivity contribution >= 4 is 56.3 Å². The van der Waals surface area contributed by atoms with Gasteiger partial charge < -0.3 is 35.0 Å². The topological polar surface area (TPSA) is 163 Å². The largest absolute Gasteiger partial charge is 0.399 e. The quantitative estimate of drug-likeness (QED) is 0.130. The second-order valence-electron chi connectivity index (χ2n) is 15.1. The van der Waals surface area contributed by atoms with Crippen molar-refractivity contribution in [1.82, 2.24) is 9.97 Å². The third-order valence-electron chi connectivity index (χ3n) is 10.8. The maximum Gasteiger partial charge on any atom is 0.250 e. The molecule has 0 bridgehead atoms. The number of H-pyrrole nitrogens is 2. The summed E-state index contributed by atoms with van der Waals surface area (Å²) in [7, 11) is -3.33.